The van der Waals surface area contributed by atoms with Crippen LogP contribution in [0.2, 0.25) is 5.02 Å². The largest absolute Gasteiger partial charge is 0.319 e. The van der Waals surface area contributed by atoms with E-state index in [9.17, 15) is 0 Å². The molecule has 1 aliphatic rings. The van der Waals surface area contributed by atoms with Crippen molar-refractivity contribution in [2.24, 2.45) is 0 Å². The normalized spacial score (nSPS) is 16.3. The second kappa shape index (κ2) is 8.70. The van der Waals surface area contributed by atoms with Crippen molar-refractivity contribution in [3.63, 3.8) is 0 Å². The first-order valence-corrected chi connectivity index (χ1v) is 11.3. The lowest BCUT2D eigenvalue weighted by Crippen LogP contribution is -2.37. The first-order valence-electron chi connectivity index (χ1n) is 10.9. The fraction of sp³-hybridized carbons (Fsp3) is 0.222. The quantitative estimate of drug-likeness (QED) is 0.353. The van der Waals surface area contributed by atoms with Gasteiger partial charge < -0.3 is 4.57 Å². The monoisotopic (exact) mass is 427 g/mol. The lowest BCUT2D eigenvalue weighted by Gasteiger charge is -2.37. The molecule has 1 atom stereocenters. The van der Waals surface area contributed by atoms with Gasteiger partial charge in [-0.25, -0.2) is 4.98 Å². The molecule has 0 amide bonds. The molecule has 0 spiro atoms. The summed E-state index contributed by atoms with van der Waals surface area (Å²) >= 11 is 6.48. The maximum atomic E-state index is 6.48. The van der Waals surface area contributed by atoms with E-state index in [1.807, 2.05) is 30.9 Å². The molecule has 31 heavy (non-hydrogen) atoms. The Kier molecular flexibility index (Phi) is 5.63. The van der Waals surface area contributed by atoms with Crippen LogP contribution < -0.4 is 0 Å². The molecule has 1 unspecified atom stereocenters. The highest BCUT2D eigenvalue weighted by Crippen LogP contribution is 2.41. The smallest absolute Gasteiger partial charge is 0.121 e. The molecular weight excluding hydrogens is 402 g/mol. The molecule has 0 radical (unpaired) electrons. The lowest BCUT2D eigenvalue weighted by atomic mass is 9.76. The van der Waals surface area contributed by atoms with Gasteiger partial charge in [-0.1, -0.05) is 78.3 Å². The van der Waals surface area contributed by atoms with Gasteiger partial charge in [0.15, 0.2) is 0 Å². The van der Waals surface area contributed by atoms with Gasteiger partial charge in [0.1, 0.15) is 5.54 Å². The van der Waals surface area contributed by atoms with Crippen LogP contribution in [0.1, 0.15) is 35.1 Å². The van der Waals surface area contributed by atoms with Gasteiger partial charge in [0.25, 0.3) is 0 Å². The van der Waals surface area contributed by atoms with E-state index in [4.69, 9.17) is 11.6 Å². The molecule has 1 aromatic heterocycles. The van der Waals surface area contributed by atoms with Crippen LogP contribution in [0.4, 0.5) is 0 Å². The van der Waals surface area contributed by atoms with Gasteiger partial charge in [-0.05, 0) is 60.3 Å². The van der Waals surface area contributed by atoms with Crippen LogP contribution in [-0.2, 0) is 12.1 Å². The minimum atomic E-state index is -0.561. The molecule has 1 aliphatic heterocycles. The molecular formula is C27H26ClN3. The third kappa shape index (κ3) is 3.80. The van der Waals surface area contributed by atoms with Crippen LogP contribution in [0.15, 0.2) is 97.6 Å². The van der Waals surface area contributed by atoms with E-state index >= 15 is 0 Å². The third-order valence-corrected chi connectivity index (χ3v) is 6.54. The van der Waals surface area contributed by atoms with E-state index in [2.05, 4.69) is 81.2 Å². The van der Waals surface area contributed by atoms with Crippen molar-refractivity contribution in [3.8, 4) is 0 Å². The Bertz CT molecular complexity index is 1120. The Morgan fingerprint density at radius 3 is 2.19 bits per heavy atom. The molecule has 3 nitrogen and oxygen atoms in total. The third-order valence-electron chi connectivity index (χ3n) is 6.30. The number of benzene rings is 3. The fourth-order valence-corrected chi connectivity index (χ4v) is 5.04. The minimum absolute atomic E-state index is 0.561. The van der Waals surface area contributed by atoms with Crippen molar-refractivity contribution < 1.29 is 0 Å². The van der Waals surface area contributed by atoms with Gasteiger partial charge in [-0.15, -0.1) is 0 Å². The highest BCUT2D eigenvalue weighted by Gasteiger charge is 2.38. The van der Waals surface area contributed by atoms with Gasteiger partial charge in [0.2, 0.25) is 0 Å². The van der Waals surface area contributed by atoms with E-state index in [1.165, 1.54) is 42.6 Å². The number of aromatic nitrogens is 2. The molecule has 4 heteroatoms. The Morgan fingerprint density at radius 2 is 1.52 bits per heavy atom. The molecule has 156 valence electrons. The molecule has 4 aromatic rings. The summed E-state index contributed by atoms with van der Waals surface area (Å²) in [5, 5.41) is 0.726. The van der Waals surface area contributed by atoms with Gasteiger partial charge >= 0.3 is 0 Å². The fourth-order valence-electron chi connectivity index (χ4n) is 4.85. The summed E-state index contributed by atoms with van der Waals surface area (Å²) in [5.74, 6) is 0. The molecule has 3 aromatic carbocycles. The Balaban J connectivity index is 1.68. The van der Waals surface area contributed by atoms with Crippen LogP contribution in [0.3, 0.4) is 0 Å². The number of halogens is 1. The van der Waals surface area contributed by atoms with Crippen LogP contribution in [-0.4, -0.2) is 27.5 Å². The van der Waals surface area contributed by atoms with Crippen molar-refractivity contribution in [1.29, 1.82) is 0 Å². The van der Waals surface area contributed by atoms with Gasteiger partial charge in [0.05, 0.1) is 6.33 Å². The lowest BCUT2D eigenvalue weighted by molar-refractivity contribution is 0.331. The van der Waals surface area contributed by atoms with Gasteiger partial charge in [-0.3, -0.25) is 4.90 Å². The van der Waals surface area contributed by atoms with E-state index < -0.39 is 5.54 Å². The van der Waals surface area contributed by atoms with E-state index in [-0.39, 0.29) is 0 Å². The van der Waals surface area contributed by atoms with Crippen molar-refractivity contribution in [3.05, 3.63) is 125 Å². The summed E-state index contributed by atoms with van der Waals surface area (Å²) in [7, 11) is 0. The number of hydrogen-bond donors (Lipinski definition) is 0. The highest BCUT2D eigenvalue weighted by atomic mass is 35.5. The predicted molar refractivity (Wildman–Crippen MR) is 126 cm³/mol. The first kappa shape index (κ1) is 20.0. The molecule has 1 saturated heterocycles. The number of hydrogen-bond acceptors (Lipinski definition) is 2. The summed E-state index contributed by atoms with van der Waals surface area (Å²) in [5.41, 5.74) is 4.25. The predicted octanol–water partition coefficient (Wildman–Crippen LogP) is 5.97. The SMILES string of the molecule is Clc1cccc(C(c2ccccc2)(c2ccc(CN3CCCC3)cc2)n2ccnc2)c1. The number of rotatable bonds is 6. The highest BCUT2D eigenvalue weighted by molar-refractivity contribution is 6.30. The van der Waals surface area contributed by atoms with Crippen molar-refractivity contribution in [2.75, 3.05) is 13.1 Å². The minimum Gasteiger partial charge on any atom is -0.319 e. The first-order chi connectivity index (χ1) is 15.3. The summed E-state index contributed by atoms with van der Waals surface area (Å²) < 4.78 is 2.18. The summed E-state index contributed by atoms with van der Waals surface area (Å²) in [6.45, 7) is 3.42. The number of likely N-dealkylation sites (tertiary alicyclic amines) is 1. The topological polar surface area (TPSA) is 21.1 Å². The average molecular weight is 428 g/mol. The average Bonchev–Trinajstić information content (AvgIpc) is 3.51. The Hall–Kier alpha value is -2.88. The molecule has 0 aliphatic carbocycles. The second-order valence-corrected chi connectivity index (χ2v) is 8.67. The molecule has 0 bridgehead atoms. The standard InChI is InChI=1S/C27H26ClN3/c28-26-10-6-9-25(19-26)27(31-18-15-29-21-31,23-7-2-1-3-8-23)24-13-11-22(12-14-24)20-30-16-4-5-17-30/h1-3,6-15,18-19,21H,4-5,16-17,20H2. The summed E-state index contributed by atoms with van der Waals surface area (Å²) in [6.07, 6.45) is 8.39. The molecule has 0 N–H and O–H groups in total. The summed E-state index contributed by atoms with van der Waals surface area (Å²) in [6, 6.07) is 27.8. The Morgan fingerprint density at radius 1 is 0.806 bits per heavy atom. The van der Waals surface area contributed by atoms with Crippen molar-refractivity contribution in [2.45, 2.75) is 24.9 Å². The number of imidazole rings is 1. The second-order valence-electron chi connectivity index (χ2n) is 8.24. The van der Waals surface area contributed by atoms with Crippen molar-refractivity contribution >= 4 is 11.6 Å². The van der Waals surface area contributed by atoms with Crippen LogP contribution >= 0.6 is 11.6 Å². The maximum Gasteiger partial charge on any atom is 0.121 e. The zero-order chi connectivity index (χ0) is 21.1. The van der Waals surface area contributed by atoms with Crippen molar-refractivity contribution in [1.82, 2.24) is 14.5 Å². The molecule has 2 heterocycles. The summed E-state index contributed by atoms with van der Waals surface area (Å²) in [4.78, 5) is 6.93. The number of nitrogens with zero attached hydrogens (tertiary/aromatic N) is 3. The molecule has 5 rings (SSSR count). The van der Waals surface area contributed by atoms with Crippen LogP contribution in [0, 0.1) is 0 Å². The van der Waals surface area contributed by atoms with Crippen LogP contribution in [0.25, 0.3) is 0 Å². The van der Waals surface area contributed by atoms with E-state index in [0.717, 1.165) is 17.1 Å². The zero-order valence-electron chi connectivity index (χ0n) is 17.5. The van der Waals surface area contributed by atoms with E-state index in [1.54, 1.807) is 0 Å². The molecule has 0 saturated carbocycles. The van der Waals surface area contributed by atoms with Gasteiger partial charge in [0, 0.05) is 24.0 Å². The maximum absolute atomic E-state index is 6.48. The molecule has 1 fully saturated rings. The zero-order valence-corrected chi connectivity index (χ0v) is 18.2. The van der Waals surface area contributed by atoms with E-state index in [0.29, 0.717) is 0 Å². The van der Waals surface area contributed by atoms with Gasteiger partial charge in [-0.2, -0.15) is 0 Å². The Labute approximate surface area is 188 Å². The van der Waals surface area contributed by atoms with Crippen LogP contribution in [0.5, 0.6) is 0 Å².